The summed E-state index contributed by atoms with van der Waals surface area (Å²) in [5, 5.41) is 0.253. The van der Waals surface area contributed by atoms with Gasteiger partial charge >= 0.3 is 6.61 Å². The third-order valence-electron chi connectivity index (χ3n) is 1.80. The van der Waals surface area contributed by atoms with Crippen molar-refractivity contribution in [3.63, 3.8) is 0 Å². The highest BCUT2D eigenvalue weighted by atomic mass is 127. The average molecular weight is 405 g/mol. The molecule has 2 nitrogen and oxygen atoms in total. The van der Waals surface area contributed by atoms with Gasteiger partial charge in [0.15, 0.2) is 0 Å². The molecule has 16 heavy (non-hydrogen) atoms. The summed E-state index contributed by atoms with van der Waals surface area (Å²) in [5.74, 6) is 0.0996. The van der Waals surface area contributed by atoms with Crippen molar-refractivity contribution in [2.75, 3.05) is 5.33 Å². The maximum atomic E-state index is 12.1. The Morgan fingerprint density at radius 2 is 2.19 bits per heavy atom. The molecule has 0 N–H and O–H groups in total. The normalized spacial score (nSPS) is 10.6. The molecule has 0 radical (unpaired) electrons. The van der Waals surface area contributed by atoms with E-state index in [1.54, 1.807) is 12.1 Å². The highest BCUT2D eigenvalue weighted by Crippen LogP contribution is 2.26. The number of hydrogen-bond acceptors (Lipinski definition) is 2. The number of hydrogen-bond donors (Lipinski definition) is 0. The summed E-state index contributed by atoms with van der Waals surface area (Å²) >= 11 is 4.95. The van der Waals surface area contributed by atoms with Crippen molar-refractivity contribution < 1.29 is 18.3 Å². The molecule has 0 aliphatic rings. The van der Waals surface area contributed by atoms with Gasteiger partial charge in [-0.25, -0.2) is 0 Å². The van der Waals surface area contributed by atoms with Crippen molar-refractivity contribution in [1.29, 1.82) is 0 Å². The summed E-state index contributed by atoms with van der Waals surface area (Å²) in [4.78, 5) is 11.2. The fourth-order valence-electron chi connectivity index (χ4n) is 1.14. The standard InChI is InChI=1S/C10H8BrF2IO2/c11-5-7(15)4-6-2-1-3-8(9(6)14)16-10(12)13/h1-3,10H,4-5H2. The molecule has 0 atom stereocenters. The van der Waals surface area contributed by atoms with E-state index in [9.17, 15) is 13.6 Å². The number of benzene rings is 1. The van der Waals surface area contributed by atoms with Crippen LogP contribution in [0.2, 0.25) is 0 Å². The van der Waals surface area contributed by atoms with E-state index in [0.29, 0.717) is 9.13 Å². The molecule has 0 amide bonds. The van der Waals surface area contributed by atoms with E-state index in [1.807, 2.05) is 22.6 Å². The second-order valence-electron chi connectivity index (χ2n) is 2.96. The van der Waals surface area contributed by atoms with Gasteiger partial charge in [-0.15, -0.1) is 0 Å². The van der Waals surface area contributed by atoms with Crippen molar-refractivity contribution in [3.8, 4) is 5.75 Å². The molecule has 0 spiro atoms. The first-order chi connectivity index (χ1) is 7.54. The number of halogens is 4. The van der Waals surface area contributed by atoms with E-state index in [-0.39, 0.29) is 23.3 Å². The molecule has 0 heterocycles. The minimum absolute atomic E-state index is 0.00730. The van der Waals surface area contributed by atoms with Crippen LogP contribution in [-0.2, 0) is 11.2 Å². The van der Waals surface area contributed by atoms with Crippen LogP contribution in [0.5, 0.6) is 5.75 Å². The van der Waals surface area contributed by atoms with Gasteiger partial charge in [0.1, 0.15) is 11.5 Å². The van der Waals surface area contributed by atoms with Gasteiger partial charge in [-0.05, 0) is 34.2 Å². The smallest absolute Gasteiger partial charge is 0.387 e. The average Bonchev–Trinajstić information content (AvgIpc) is 2.23. The predicted octanol–water partition coefficient (Wildman–Crippen LogP) is 3.40. The van der Waals surface area contributed by atoms with Crippen LogP contribution >= 0.6 is 38.5 Å². The molecule has 88 valence electrons. The van der Waals surface area contributed by atoms with Crippen molar-refractivity contribution in [3.05, 3.63) is 27.3 Å². The molecule has 0 fully saturated rings. The van der Waals surface area contributed by atoms with Gasteiger partial charge < -0.3 is 4.74 Å². The first-order valence-corrected chi connectivity index (χ1v) is 6.54. The topological polar surface area (TPSA) is 26.3 Å². The molecular weight excluding hydrogens is 397 g/mol. The van der Waals surface area contributed by atoms with Crippen molar-refractivity contribution in [2.45, 2.75) is 13.0 Å². The molecule has 0 saturated carbocycles. The number of rotatable bonds is 5. The molecule has 1 aromatic rings. The lowest BCUT2D eigenvalue weighted by Crippen LogP contribution is -2.08. The van der Waals surface area contributed by atoms with Crippen molar-refractivity contribution in [1.82, 2.24) is 0 Å². The fraction of sp³-hybridized carbons (Fsp3) is 0.300. The Hall–Kier alpha value is -0.240. The number of ether oxygens (including phenoxy) is 1. The van der Waals surface area contributed by atoms with Crippen LogP contribution in [0.4, 0.5) is 8.78 Å². The third-order valence-corrected chi connectivity index (χ3v) is 3.65. The van der Waals surface area contributed by atoms with Crippen LogP contribution in [-0.4, -0.2) is 17.7 Å². The van der Waals surface area contributed by atoms with Gasteiger partial charge in [0.2, 0.25) is 0 Å². The van der Waals surface area contributed by atoms with E-state index < -0.39 is 6.61 Å². The zero-order chi connectivity index (χ0) is 12.1. The van der Waals surface area contributed by atoms with Gasteiger partial charge in [-0.3, -0.25) is 4.79 Å². The highest BCUT2D eigenvalue weighted by Gasteiger charge is 2.12. The van der Waals surface area contributed by atoms with Crippen LogP contribution in [0, 0.1) is 3.57 Å². The zero-order valence-electron chi connectivity index (χ0n) is 8.05. The van der Waals surface area contributed by atoms with Gasteiger partial charge in [0.25, 0.3) is 0 Å². The van der Waals surface area contributed by atoms with Crippen LogP contribution < -0.4 is 4.74 Å². The summed E-state index contributed by atoms with van der Waals surface area (Å²) in [6.45, 7) is -2.85. The zero-order valence-corrected chi connectivity index (χ0v) is 11.8. The minimum Gasteiger partial charge on any atom is -0.434 e. The van der Waals surface area contributed by atoms with E-state index in [4.69, 9.17) is 0 Å². The van der Waals surface area contributed by atoms with E-state index in [2.05, 4.69) is 20.7 Å². The molecule has 1 rings (SSSR count). The highest BCUT2D eigenvalue weighted by molar-refractivity contribution is 14.1. The van der Waals surface area contributed by atoms with Gasteiger partial charge in [-0.2, -0.15) is 8.78 Å². The van der Waals surface area contributed by atoms with E-state index >= 15 is 0 Å². The summed E-state index contributed by atoms with van der Waals surface area (Å²) < 4.78 is 29.0. The molecule has 0 saturated heterocycles. The lowest BCUT2D eigenvalue weighted by molar-refractivity contribution is -0.115. The second-order valence-corrected chi connectivity index (χ2v) is 4.60. The number of alkyl halides is 3. The second kappa shape index (κ2) is 6.48. The number of carbonyl (C=O) groups is 1. The monoisotopic (exact) mass is 404 g/mol. The Morgan fingerprint density at radius 3 is 2.75 bits per heavy atom. The molecule has 1 aromatic carbocycles. The maximum Gasteiger partial charge on any atom is 0.387 e. The fourth-order valence-corrected chi connectivity index (χ4v) is 2.02. The largest absolute Gasteiger partial charge is 0.434 e. The quantitative estimate of drug-likeness (QED) is 0.555. The summed E-state index contributed by atoms with van der Waals surface area (Å²) in [7, 11) is 0. The summed E-state index contributed by atoms with van der Waals surface area (Å²) in [5.41, 5.74) is 0.697. The SMILES string of the molecule is O=C(CBr)Cc1cccc(OC(F)F)c1I. The Bertz CT molecular complexity index is 385. The summed E-state index contributed by atoms with van der Waals surface area (Å²) in [6.07, 6.45) is 0.212. The van der Waals surface area contributed by atoms with E-state index in [1.165, 1.54) is 6.07 Å². The van der Waals surface area contributed by atoms with Crippen LogP contribution in [0.1, 0.15) is 5.56 Å². The molecule has 6 heteroatoms. The molecule has 0 unspecified atom stereocenters. The summed E-state index contributed by atoms with van der Waals surface area (Å²) in [6, 6.07) is 4.77. The predicted molar refractivity (Wildman–Crippen MR) is 68.3 cm³/mol. The maximum absolute atomic E-state index is 12.1. The Balaban J connectivity index is 2.90. The molecule has 0 aliphatic heterocycles. The molecular formula is C10H8BrF2IO2. The first kappa shape index (κ1) is 13.8. The molecule has 0 aromatic heterocycles. The lowest BCUT2D eigenvalue weighted by atomic mass is 10.1. The van der Waals surface area contributed by atoms with Gasteiger partial charge in [-0.1, -0.05) is 28.1 Å². The Morgan fingerprint density at radius 1 is 1.50 bits per heavy atom. The first-order valence-electron chi connectivity index (χ1n) is 4.34. The van der Waals surface area contributed by atoms with Crippen molar-refractivity contribution >= 4 is 44.3 Å². The molecule has 0 aliphatic carbocycles. The number of Topliss-reactive ketones (excluding diaryl/α,β-unsaturated/α-hetero) is 1. The van der Waals surface area contributed by atoms with Crippen LogP contribution in [0.25, 0.3) is 0 Å². The van der Waals surface area contributed by atoms with Crippen LogP contribution in [0.15, 0.2) is 18.2 Å². The van der Waals surface area contributed by atoms with Gasteiger partial charge in [0.05, 0.1) is 8.90 Å². The Kier molecular flexibility index (Phi) is 5.60. The number of ketones is 1. The van der Waals surface area contributed by atoms with Crippen molar-refractivity contribution in [2.24, 2.45) is 0 Å². The number of carbonyl (C=O) groups excluding carboxylic acids is 1. The van der Waals surface area contributed by atoms with Gasteiger partial charge in [0, 0.05) is 6.42 Å². The third kappa shape index (κ3) is 3.97. The Labute approximate surface area is 114 Å². The molecule has 0 bridgehead atoms. The lowest BCUT2D eigenvalue weighted by Gasteiger charge is -2.09. The van der Waals surface area contributed by atoms with Crippen LogP contribution in [0.3, 0.4) is 0 Å². The minimum atomic E-state index is -2.85. The van der Waals surface area contributed by atoms with E-state index in [0.717, 1.165) is 0 Å².